The van der Waals surface area contributed by atoms with Gasteiger partial charge in [-0.15, -0.1) is 0 Å². The SMILES string of the molecule is CC(C)C1CN(c2ccc(N3CCC4(CC3)CCN(C3CCC3)CC4)nc2)CCN1. The van der Waals surface area contributed by atoms with Crippen LogP contribution in [0.2, 0.25) is 0 Å². The van der Waals surface area contributed by atoms with Crippen molar-refractivity contribution >= 4 is 11.5 Å². The molecule has 1 atom stereocenters. The van der Waals surface area contributed by atoms with E-state index in [1.165, 1.54) is 82.6 Å². The van der Waals surface area contributed by atoms with Gasteiger partial charge in [0.2, 0.25) is 0 Å². The molecule has 1 unspecified atom stereocenters. The van der Waals surface area contributed by atoms with Crippen LogP contribution >= 0.6 is 0 Å². The number of rotatable bonds is 4. The van der Waals surface area contributed by atoms with Crippen molar-refractivity contribution in [2.45, 2.75) is 70.9 Å². The van der Waals surface area contributed by atoms with Crippen LogP contribution in [0.15, 0.2) is 18.3 Å². The smallest absolute Gasteiger partial charge is 0.128 e. The fourth-order valence-electron chi connectivity index (χ4n) is 6.04. The predicted octanol–water partition coefficient (Wildman–Crippen LogP) is 3.75. The van der Waals surface area contributed by atoms with Gasteiger partial charge in [0, 0.05) is 44.8 Å². The number of likely N-dealkylation sites (tertiary alicyclic amines) is 1. The van der Waals surface area contributed by atoms with E-state index in [1.54, 1.807) is 0 Å². The highest BCUT2D eigenvalue weighted by atomic mass is 15.2. The standard InChI is InChI=1S/C25H41N5/c1-20(2)23-19-30(17-12-26-23)22-6-7-24(27-18-22)29-15-10-25(11-16-29)8-13-28(14-9-25)21-4-3-5-21/h6-7,18,20-21,23,26H,3-5,8-17,19H2,1-2H3. The monoisotopic (exact) mass is 411 g/mol. The molecular formula is C25H41N5. The van der Waals surface area contributed by atoms with Gasteiger partial charge in [0.15, 0.2) is 0 Å². The number of nitrogens with one attached hydrogen (secondary N) is 1. The number of aromatic nitrogens is 1. The number of hydrogen-bond acceptors (Lipinski definition) is 5. The van der Waals surface area contributed by atoms with E-state index in [4.69, 9.17) is 4.98 Å². The van der Waals surface area contributed by atoms with Crippen molar-refractivity contribution in [3.63, 3.8) is 0 Å². The molecule has 1 N–H and O–H groups in total. The minimum atomic E-state index is 0.576. The largest absolute Gasteiger partial charge is 0.367 e. The topological polar surface area (TPSA) is 34.6 Å². The van der Waals surface area contributed by atoms with Crippen LogP contribution in [0.1, 0.15) is 58.8 Å². The molecule has 1 aliphatic carbocycles. The average molecular weight is 412 g/mol. The van der Waals surface area contributed by atoms with Crippen LogP contribution in [0.5, 0.6) is 0 Å². The molecule has 0 amide bonds. The summed E-state index contributed by atoms with van der Waals surface area (Å²) in [5.74, 6) is 1.84. The molecule has 5 nitrogen and oxygen atoms in total. The van der Waals surface area contributed by atoms with Gasteiger partial charge in [-0.1, -0.05) is 20.3 Å². The summed E-state index contributed by atoms with van der Waals surface area (Å²) in [6, 6.07) is 6.06. The van der Waals surface area contributed by atoms with Crippen LogP contribution in [0.25, 0.3) is 0 Å². The molecule has 1 spiro atoms. The second-order valence-corrected chi connectivity index (χ2v) is 10.7. The van der Waals surface area contributed by atoms with Crippen LogP contribution in [0.4, 0.5) is 11.5 Å². The van der Waals surface area contributed by atoms with E-state index >= 15 is 0 Å². The lowest BCUT2D eigenvalue weighted by Gasteiger charge is -2.50. The second-order valence-electron chi connectivity index (χ2n) is 10.7. The molecule has 3 aliphatic heterocycles. The fourth-order valence-corrected chi connectivity index (χ4v) is 6.04. The highest BCUT2D eigenvalue weighted by Crippen LogP contribution is 2.43. The molecule has 1 saturated carbocycles. The van der Waals surface area contributed by atoms with Crippen molar-refractivity contribution < 1.29 is 0 Å². The highest BCUT2D eigenvalue weighted by molar-refractivity contribution is 5.51. The Bertz CT molecular complexity index is 680. The van der Waals surface area contributed by atoms with Crippen molar-refractivity contribution in [1.82, 2.24) is 15.2 Å². The second kappa shape index (κ2) is 8.66. The van der Waals surface area contributed by atoms with Crippen molar-refractivity contribution in [1.29, 1.82) is 0 Å². The van der Waals surface area contributed by atoms with E-state index in [1.807, 2.05) is 0 Å². The van der Waals surface area contributed by atoms with E-state index in [2.05, 4.69) is 52.2 Å². The van der Waals surface area contributed by atoms with E-state index < -0.39 is 0 Å². The first-order chi connectivity index (χ1) is 14.6. The van der Waals surface area contributed by atoms with Gasteiger partial charge in [-0.3, -0.25) is 0 Å². The Hall–Kier alpha value is -1.33. The average Bonchev–Trinajstić information content (AvgIpc) is 2.75. The summed E-state index contributed by atoms with van der Waals surface area (Å²) in [6.45, 7) is 12.9. The number of piperazine rings is 1. The molecule has 3 saturated heterocycles. The fraction of sp³-hybridized carbons (Fsp3) is 0.800. The third-order valence-electron chi connectivity index (χ3n) is 8.71. The maximum atomic E-state index is 4.89. The summed E-state index contributed by atoms with van der Waals surface area (Å²) < 4.78 is 0. The maximum absolute atomic E-state index is 4.89. The summed E-state index contributed by atoms with van der Waals surface area (Å²) in [7, 11) is 0. The summed E-state index contributed by atoms with van der Waals surface area (Å²) >= 11 is 0. The van der Waals surface area contributed by atoms with Crippen LogP contribution in [0, 0.1) is 11.3 Å². The first kappa shape index (κ1) is 20.6. The van der Waals surface area contributed by atoms with E-state index in [9.17, 15) is 0 Å². The van der Waals surface area contributed by atoms with Gasteiger partial charge in [-0.05, 0) is 75.1 Å². The molecule has 0 aromatic carbocycles. The normalized spacial score (nSPS) is 28.2. The molecule has 0 bridgehead atoms. The van der Waals surface area contributed by atoms with Crippen LogP contribution in [-0.2, 0) is 0 Å². The molecule has 166 valence electrons. The Balaban J connectivity index is 1.14. The van der Waals surface area contributed by atoms with Crippen molar-refractivity contribution in [3.8, 4) is 0 Å². The van der Waals surface area contributed by atoms with Crippen molar-refractivity contribution in [3.05, 3.63) is 18.3 Å². The van der Waals surface area contributed by atoms with Gasteiger partial charge in [-0.25, -0.2) is 4.98 Å². The molecule has 4 fully saturated rings. The molecule has 5 rings (SSSR count). The molecular weight excluding hydrogens is 370 g/mol. The summed E-state index contributed by atoms with van der Waals surface area (Å²) in [5, 5.41) is 3.65. The van der Waals surface area contributed by atoms with Gasteiger partial charge >= 0.3 is 0 Å². The van der Waals surface area contributed by atoms with Gasteiger partial charge < -0.3 is 20.0 Å². The maximum Gasteiger partial charge on any atom is 0.128 e. The van der Waals surface area contributed by atoms with Gasteiger partial charge in [0.1, 0.15) is 5.82 Å². The first-order valence-corrected chi connectivity index (χ1v) is 12.6. The van der Waals surface area contributed by atoms with Crippen molar-refractivity contribution in [2.24, 2.45) is 11.3 Å². The molecule has 4 aliphatic rings. The first-order valence-electron chi connectivity index (χ1n) is 12.6. The minimum Gasteiger partial charge on any atom is -0.367 e. The zero-order chi connectivity index (χ0) is 20.6. The minimum absolute atomic E-state index is 0.576. The number of piperidine rings is 2. The quantitative estimate of drug-likeness (QED) is 0.816. The Labute approximate surface area is 183 Å². The molecule has 1 aromatic heterocycles. The van der Waals surface area contributed by atoms with Crippen LogP contribution < -0.4 is 15.1 Å². The lowest BCUT2D eigenvalue weighted by atomic mass is 9.70. The van der Waals surface area contributed by atoms with Crippen LogP contribution in [-0.4, -0.2) is 67.8 Å². The Morgan fingerprint density at radius 3 is 2.30 bits per heavy atom. The highest BCUT2D eigenvalue weighted by Gasteiger charge is 2.39. The van der Waals surface area contributed by atoms with Crippen LogP contribution in [0.3, 0.4) is 0 Å². The Morgan fingerprint density at radius 2 is 1.70 bits per heavy atom. The zero-order valence-electron chi connectivity index (χ0n) is 19.2. The molecule has 0 radical (unpaired) electrons. The third kappa shape index (κ3) is 4.20. The number of anilines is 2. The number of nitrogens with zero attached hydrogens (tertiary/aromatic N) is 4. The molecule has 4 heterocycles. The predicted molar refractivity (Wildman–Crippen MR) is 125 cm³/mol. The molecule has 30 heavy (non-hydrogen) atoms. The number of hydrogen-bond donors (Lipinski definition) is 1. The van der Waals surface area contributed by atoms with E-state index in [-0.39, 0.29) is 0 Å². The summed E-state index contributed by atoms with van der Waals surface area (Å²) in [5.41, 5.74) is 1.89. The summed E-state index contributed by atoms with van der Waals surface area (Å²) in [6.07, 6.45) is 12.0. The molecule has 1 aromatic rings. The Morgan fingerprint density at radius 1 is 0.967 bits per heavy atom. The number of pyridine rings is 1. The van der Waals surface area contributed by atoms with E-state index in [0.717, 1.165) is 25.7 Å². The van der Waals surface area contributed by atoms with Gasteiger partial charge in [0.05, 0.1) is 11.9 Å². The molecule has 5 heteroatoms. The lowest BCUT2D eigenvalue weighted by molar-refractivity contribution is 0.0305. The van der Waals surface area contributed by atoms with E-state index in [0.29, 0.717) is 17.4 Å². The van der Waals surface area contributed by atoms with Gasteiger partial charge in [0.25, 0.3) is 0 Å². The van der Waals surface area contributed by atoms with Crippen molar-refractivity contribution in [2.75, 3.05) is 55.6 Å². The Kier molecular flexibility index (Phi) is 5.94. The third-order valence-corrected chi connectivity index (χ3v) is 8.71. The lowest BCUT2D eigenvalue weighted by Crippen LogP contribution is -2.53. The van der Waals surface area contributed by atoms with Gasteiger partial charge in [-0.2, -0.15) is 0 Å². The zero-order valence-corrected chi connectivity index (χ0v) is 19.2. The summed E-state index contributed by atoms with van der Waals surface area (Å²) in [4.78, 5) is 12.7.